The summed E-state index contributed by atoms with van der Waals surface area (Å²) in [5.74, 6) is -0.140. The maximum absolute atomic E-state index is 12.8. The van der Waals surface area contributed by atoms with E-state index in [1.165, 1.54) is 30.6 Å². The van der Waals surface area contributed by atoms with Gasteiger partial charge in [-0.15, -0.1) is 11.3 Å². The molecule has 0 fully saturated rings. The Morgan fingerprint density at radius 2 is 2.06 bits per heavy atom. The number of aliphatic hydroxyl groups excluding tert-OH is 2. The minimum absolute atomic E-state index is 0.00676. The first-order chi connectivity index (χ1) is 15.0. The van der Waals surface area contributed by atoms with Crippen LogP contribution in [0.25, 0.3) is 0 Å². The number of carbonyl (C=O) groups is 1. The Balaban J connectivity index is 2.14. The number of aromatic nitrogens is 1. The zero-order valence-electron chi connectivity index (χ0n) is 16.8. The van der Waals surface area contributed by atoms with E-state index in [4.69, 9.17) is 21.3 Å². The molecule has 0 bridgehead atoms. The summed E-state index contributed by atoms with van der Waals surface area (Å²) in [6, 6.07) is 3.66. The minimum atomic E-state index is -0.805. The van der Waals surface area contributed by atoms with Gasteiger partial charge in [0, 0.05) is 47.5 Å². The van der Waals surface area contributed by atoms with Gasteiger partial charge in [0.15, 0.2) is 10.8 Å². The number of halogens is 1. The number of amidine groups is 1. The number of phenols is 1. The topological polar surface area (TPSA) is 128 Å². The number of phenolic OH excluding ortho intramolecular Hbond substituents is 1. The number of esters is 1. The van der Waals surface area contributed by atoms with Gasteiger partial charge in [-0.05, 0) is 12.1 Å². The van der Waals surface area contributed by atoms with Crippen molar-refractivity contribution in [2.45, 2.75) is 6.04 Å². The van der Waals surface area contributed by atoms with Gasteiger partial charge in [-0.2, -0.15) is 0 Å². The molecule has 9 nitrogen and oxygen atoms in total. The highest BCUT2D eigenvalue weighted by atomic mass is 35.5. The number of rotatable bonds is 9. The summed E-state index contributed by atoms with van der Waals surface area (Å²) in [5.41, 5.74) is 1.27. The standard InChI is InChI=1S/C20H23ClN4O5S/c1-30-20(29)16-15(11-25(5-7-26)6-8-27)23-18(19-22-4-9-31-19)24-17(16)13-3-2-12(28)10-14(13)21/h2-4,9-10,17,26-28H,5-8,11H2,1H3,(H,23,24). The normalized spacial score (nSPS) is 16.3. The Kier molecular flexibility index (Phi) is 7.99. The molecule has 1 aromatic heterocycles. The molecule has 1 aliphatic rings. The zero-order valence-corrected chi connectivity index (χ0v) is 18.4. The average molecular weight is 467 g/mol. The van der Waals surface area contributed by atoms with E-state index < -0.39 is 12.0 Å². The number of nitrogens with one attached hydrogen (secondary N) is 1. The van der Waals surface area contributed by atoms with E-state index in [9.17, 15) is 20.1 Å². The van der Waals surface area contributed by atoms with Crippen molar-refractivity contribution >= 4 is 34.7 Å². The van der Waals surface area contributed by atoms with Crippen LogP contribution in [0.3, 0.4) is 0 Å². The Morgan fingerprint density at radius 3 is 2.65 bits per heavy atom. The third-order valence-electron chi connectivity index (χ3n) is 4.66. The lowest BCUT2D eigenvalue weighted by atomic mass is 9.95. The van der Waals surface area contributed by atoms with Crippen LogP contribution in [0.2, 0.25) is 5.02 Å². The van der Waals surface area contributed by atoms with Crippen LogP contribution in [0.5, 0.6) is 5.75 Å². The molecule has 1 unspecified atom stereocenters. The van der Waals surface area contributed by atoms with Crippen LogP contribution in [-0.4, -0.2) is 77.0 Å². The van der Waals surface area contributed by atoms with E-state index in [0.717, 1.165) is 0 Å². The van der Waals surface area contributed by atoms with Crippen LogP contribution < -0.4 is 5.32 Å². The molecular weight excluding hydrogens is 444 g/mol. The van der Waals surface area contributed by atoms with Gasteiger partial charge in [-0.25, -0.2) is 9.78 Å². The largest absolute Gasteiger partial charge is 0.508 e. The molecule has 0 radical (unpaired) electrons. The molecule has 1 aliphatic heterocycles. The van der Waals surface area contributed by atoms with Gasteiger partial charge >= 0.3 is 5.97 Å². The molecule has 2 aromatic rings. The van der Waals surface area contributed by atoms with E-state index in [1.54, 1.807) is 17.2 Å². The zero-order chi connectivity index (χ0) is 22.4. The van der Waals surface area contributed by atoms with Gasteiger partial charge in [0.2, 0.25) is 0 Å². The summed E-state index contributed by atoms with van der Waals surface area (Å²) in [4.78, 5) is 23.6. The Morgan fingerprint density at radius 1 is 1.32 bits per heavy atom. The maximum atomic E-state index is 12.8. The monoisotopic (exact) mass is 466 g/mol. The number of carbonyl (C=O) groups excluding carboxylic acids is 1. The van der Waals surface area contributed by atoms with Crippen molar-refractivity contribution in [3.05, 3.63) is 56.6 Å². The van der Waals surface area contributed by atoms with Gasteiger partial charge in [0.05, 0.1) is 25.9 Å². The highest BCUT2D eigenvalue weighted by molar-refractivity contribution is 7.11. The van der Waals surface area contributed by atoms with E-state index in [1.807, 2.05) is 5.38 Å². The third kappa shape index (κ3) is 5.41. The van der Waals surface area contributed by atoms with Crippen LogP contribution in [0.4, 0.5) is 0 Å². The quantitative estimate of drug-likeness (QED) is 0.407. The molecule has 0 amide bonds. The van der Waals surface area contributed by atoms with Gasteiger partial charge in [0.1, 0.15) is 11.8 Å². The van der Waals surface area contributed by atoms with Crippen molar-refractivity contribution in [2.24, 2.45) is 4.99 Å². The molecule has 0 spiro atoms. The average Bonchev–Trinajstić information content (AvgIpc) is 3.28. The summed E-state index contributed by atoms with van der Waals surface area (Å²) in [6.07, 6.45) is 1.65. The van der Waals surface area contributed by atoms with Crippen LogP contribution in [0.15, 0.2) is 46.0 Å². The lowest BCUT2D eigenvalue weighted by Crippen LogP contribution is -2.41. The number of methoxy groups -OCH3 is 1. The molecule has 1 atom stereocenters. The molecule has 11 heteroatoms. The second-order valence-electron chi connectivity index (χ2n) is 6.66. The van der Waals surface area contributed by atoms with Crippen molar-refractivity contribution in [3.63, 3.8) is 0 Å². The number of thiazole rings is 1. The number of hydrogen-bond acceptors (Lipinski definition) is 10. The van der Waals surface area contributed by atoms with Crippen molar-refractivity contribution < 1.29 is 24.9 Å². The Bertz CT molecular complexity index is 974. The molecule has 1 aromatic carbocycles. The van der Waals surface area contributed by atoms with Crippen LogP contribution in [0, 0.1) is 0 Å². The van der Waals surface area contributed by atoms with Gasteiger partial charge in [0.25, 0.3) is 0 Å². The van der Waals surface area contributed by atoms with Crippen molar-refractivity contribution in [3.8, 4) is 5.75 Å². The molecule has 3 rings (SSSR count). The molecule has 0 saturated carbocycles. The Labute approximate surface area is 188 Å². The molecular formula is C20H23ClN4O5S. The fourth-order valence-corrected chi connectivity index (χ4v) is 4.12. The van der Waals surface area contributed by atoms with Crippen molar-refractivity contribution in [1.29, 1.82) is 0 Å². The summed E-state index contributed by atoms with van der Waals surface area (Å²) in [7, 11) is 1.28. The predicted molar refractivity (Wildman–Crippen MR) is 117 cm³/mol. The maximum Gasteiger partial charge on any atom is 0.338 e. The number of hydrogen-bond donors (Lipinski definition) is 4. The summed E-state index contributed by atoms with van der Waals surface area (Å²) >= 11 is 7.77. The van der Waals surface area contributed by atoms with Gasteiger partial charge in [-0.1, -0.05) is 17.7 Å². The number of aliphatic hydroxyl groups is 2. The fraction of sp³-hybridized carbons (Fsp3) is 0.350. The SMILES string of the molecule is COC(=O)C1=C(CN(CCO)CCO)NC(c2nccs2)=NC1c1ccc(O)cc1Cl. The molecule has 2 heterocycles. The second-order valence-corrected chi connectivity index (χ2v) is 7.96. The number of aromatic hydroxyl groups is 1. The van der Waals surface area contributed by atoms with Crippen LogP contribution in [-0.2, 0) is 9.53 Å². The first-order valence-electron chi connectivity index (χ1n) is 9.47. The number of aliphatic imine (C=N–C) groups is 1. The molecule has 31 heavy (non-hydrogen) atoms. The van der Waals surface area contributed by atoms with Crippen molar-refractivity contribution in [1.82, 2.24) is 15.2 Å². The summed E-state index contributed by atoms with van der Waals surface area (Å²) in [6.45, 7) is 0.605. The molecule has 166 valence electrons. The third-order valence-corrected chi connectivity index (χ3v) is 5.77. The second kappa shape index (κ2) is 10.7. The number of benzene rings is 1. The lowest BCUT2D eigenvalue weighted by Gasteiger charge is -2.30. The predicted octanol–water partition coefficient (Wildman–Crippen LogP) is 1.31. The van der Waals surface area contributed by atoms with Gasteiger partial charge in [-0.3, -0.25) is 9.89 Å². The molecule has 4 N–H and O–H groups in total. The van der Waals surface area contributed by atoms with Crippen molar-refractivity contribution in [2.75, 3.05) is 40.0 Å². The fourth-order valence-electron chi connectivity index (χ4n) is 3.26. The number of ether oxygens (including phenoxy) is 1. The van der Waals surface area contributed by atoms with Crippen LogP contribution in [0.1, 0.15) is 16.6 Å². The van der Waals surface area contributed by atoms with E-state index in [0.29, 0.717) is 35.2 Å². The summed E-state index contributed by atoms with van der Waals surface area (Å²) in [5, 5.41) is 34.4. The summed E-state index contributed by atoms with van der Waals surface area (Å²) < 4.78 is 5.03. The van der Waals surface area contributed by atoms with E-state index in [-0.39, 0.29) is 36.1 Å². The van der Waals surface area contributed by atoms with Crippen LogP contribution >= 0.6 is 22.9 Å². The van der Waals surface area contributed by atoms with Gasteiger partial charge < -0.3 is 25.4 Å². The van der Waals surface area contributed by atoms with E-state index in [2.05, 4.69) is 10.3 Å². The first kappa shape index (κ1) is 23.2. The number of nitrogens with zero attached hydrogens (tertiary/aromatic N) is 3. The highest BCUT2D eigenvalue weighted by Gasteiger charge is 2.34. The first-order valence-corrected chi connectivity index (χ1v) is 10.7. The lowest BCUT2D eigenvalue weighted by molar-refractivity contribution is -0.136. The highest BCUT2D eigenvalue weighted by Crippen LogP contribution is 2.37. The van der Waals surface area contributed by atoms with E-state index >= 15 is 0 Å². The Hall–Kier alpha value is -2.50. The smallest absolute Gasteiger partial charge is 0.338 e. The minimum Gasteiger partial charge on any atom is -0.508 e. The molecule has 0 saturated heterocycles. The molecule has 0 aliphatic carbocycles.